The maximum atomic E-state index is 11.5. The maximum absolute atomic E-state index is 11.5. The molecule has 0 heterocycles. The monoisotopic (exact) mass is 293 g/mol. The molecule has 0 amide bonds. The molecule has 0 saturated heterocycles. The molecule has 0 radical (unpaired) electrons. The quantitative estimate of drug-likeness (QED) is 0.647. The second-order valence-corrected chi connectivity index (χ2v) is 7.56. The van der Waals surface area contributed by atoms with E-state index in [0.717, 1.165) is 4.90 Å². The third kappa shape index (κ3) is 5.19. The number of hydrogen-bond acceptors (Lipinski definition) is 4. The summed E-state index contributed by atoms with van der Waals surface area (Å²) in [6, 6.07) is 5.24. The Balaban J connectivity index is 2.51. The molecule has 0 aliphatic heterocycles. The highest BCUT2D eigenvalue weighted by Gasteiger charge is 2.09. The van der Waals surface area contributed by atoms with Crippen molar-refractivity contribution in [3.8, 4) is 0 Å². The number of rotatable bonds is 6. The van der Waals surface area contributed by atoms with E-state index in [9.17, 15) is 8.42 Å². The average molecular weight is 294 g/mol. The van der Waals surface area contributed by atoms with Crippen LogP contribution in [0.2, 0.25) is 5.02 Å². The summed E-state index contributed by atoms with van der Waals surface area (Å²) in [5.74, 6) is 0.964. The van der Waals surface area contributed by atoms with Crippen LogP contribution in [0.5, 0.6) is 0 Å². The Labute approximate surface area is 112 Å². The van der Waals surface area contributed by atoms with Gasteiger partial charge in [-0.05, 0) is 24.6 Å². The fourth-order valence-electron chi connectivity index (χ4n) is 1.34. The van der Waals surface area contributed by atoms with Crippen LogP contribution in [0, 0.1) is 0 Å². The van der Waals surface area contributed by atoms with Crippen molar-refractivity contribution in [1.29, 1.82) is 0 Å². The molecule has 1 aromatic carbocycles. The highest BCUT2D eigenvalue weighted by atomic mass is 35.5. The lowest BCUT2D eigenvalue weighted by molar-refractivity contribution is 0.596. The van der Waals surface area contributed by atoms with E-state index in [-0.39, 0.29) is 11.5 Å². The highest BCUT2D eigenvalue weighted by Crippen LogP contribution is 2.27. The number of sulfone groups is 1. The summed E-state index contributed by atoms with van der Waals surface area (Å²) in [6.07, 6.45) is 0.663. The average Bonchev–Trinajstić information content (AvgIpc) is 2.21. The van der Waals surface area contributed by atoms with Crippen LogP contribution >= 0.6 is 23.4 Å². The molecular weight excluding hydrogens is 278 g/mol. The van der Waals surface area contributed by atoms with Crippen LogP contribution in [-0.4, -0.2) is 25.7 Å². The maximum Gasteiger partial charge on any atom is 0.151 e. The number of hydrogen-bond donors (Lipinski definition) is 1. The SMILES string of the molecule is CCCS(=O)(=O)CCSc1ccc(Cl)cc1N. The number of anilines is 1. The standard InChI is InChI=1S/C11H16ClNO2S2/c1-2-6-17(14,15)7-5-16-11-4-3-9(12)8-10(11)13/h3-4,8H,2,5-7,13H2,1H3. The number of nitrogens with two attached hydrogens (primary N) is 1. The molecule has 2 N–H and O–H groups in total. The van der Waals surface area contributed by atoms with Gasteiger partial charge in [-0.25, -0.2) is 8.42 Å². The molecule has 0 bridgehead atoms. The molecule has 1 aromatic rings. The number of nitrogen functional groups attached to an aromatic ring is 1. The van der Waals surface area contributed by atoms with Gasteiger partial charge in [-0.2, -0.15) is 0 Å². The molecule has 6 heteroatoms. The highest BCUT2D eigenvalue weighted by molar-refractivity contribution is 8.00. The smallest absolute Gasteiger partial charge is 0.151 e. The third-order valence-electron chi connectivity index (χ3n) is 2.14. The van der Waals surface area contributed by atoms with Crippen LogP contribution < -0.4 is 5.73 Å². The Bertz CT molecular complexity index is 474. The van der Waals surface area contributed by atoms with E-state index in [1.807, 2.05) is 13.0 Å². The lowest BCUT2D eigenvalue weighted by Crippen LogP contribution is -2.12. The van der Waals surface area contributed by atoms with Crippen LogP contribution in [0.3, 0.4) is 0 Å². The zero-order chi connectivity index (χ0) is 12.9. The van der Waals surface area contributed by atoms with Crippen molar-refractivity contribution >= 4 is 38.9 Å². The first kappa shape index (κ1) is 14.7. The molecule has 3 nitrogen and oxygen atoms in total. The Hall–Kier alpha value is -0.390. The van der Waals surface area contributed by atoms with Crippen molar-refractivity contribution in [3.63, 3.8) is 0 Å². The molecule has 0 aliphatic rings. The summed E-state index contributed by atoms with van der Waals surface area (Å²) in [7, 11) is -2.91. The molecule has 0 spiro atoms. The van der Waals surface area contributed by atoms with Crippen molar-refractivity contribution in [1.82, 2.24) is 0 Å². The predicted molar refractivity (Wildman–Crippen MR) is 75.5 cm³/mol. The zero-order valence-electron chi connectivity index (χ0n) is 9.65. The molecule has 96 valence electrons. The second-order valence-electron chi connectivity index (χ2n) is 3.68. The third-order valence-corrected chi connectivity index (χ3v) is 5.58. The summed E-state index contributed by atoms with van der Waals surface area (Å²) in [6.45, 7) is 1.86. The van der Waals surface area contributed by atoms with E-state index in [1.54, 1.807) is 12.1 Å². The topological polar surface area (TPSA) is 60.2 Å². The second kappa shape index (κ2) is 6.52. The molecule has 0 fully saturated rings. The van der Waals surface area contributed by atoms with Gasteiger partial charge in [0.15, 0.2) is 9.84 Å². The minimum atomic E-state index is -2.91. The molecule has 1 rings (SSSR count). The lowest BCUT2D eigenvalue weighted by atomic mass is 10.3. The van der Waals surface area contributed by atoms with Crippen LogP contribution in [0.4, 0.5) is 5.69 Å². The normalized spacial score (nSPS) is 11.6. The van der Waals surface area contributed by atoms with E-state index in [4.69, 9.17) is 17.3 Å². The van der Waals surface area contributed by atoms with Crippen LogP contribution in [0.15, 0.2) is 23.1 Å². The fraction of sp³-hybridized carbons (Fsp3) is 0.455. The van der Waals surface area contributed by atoms with Crippen LogP contribution in [0.1, 0.15) is 13.3 Å². The fourth-order valence-corrected chi connectivity index (χ4v) is 4.31. The molecule has 0 unspecified atom stereocenters. The first-order valence-corrected chi connectivity index (χ1v) is 8.51. The molecule has 0 aliphatic carbocycles. The lowest BCUT2D eigenvalue weighted by Gasteiger charge is -2.06. The molecule has 0 atom stereocenters. The molecule has 0 aromatic heterocycles. The van der Waals surface area contributed by atoms with Gasteiger partial charge in [0, 0.05) is 27.1 Å². The van der Waals surface area contributed by atoms with Gasteiger partial charge in [0.1, 0.15) is 0 Å². The van der Waals surface area contributed by atoms with Crippen molar-refractivity contribution < 1.29 is 8.42 Å². The van der Waals surface area contributed by atoms with Gasteiger partial charge in [0.05, 0.1) is 5.75 Å². The summed E-state index contributed by atoms with van der Waals surface area (Å²) >= 11 is 7.23. The Morgan fingerprint density at radius 3 is 2.65 bits per heavy atom. The van der Waals surface area contributed by atoms with Gasteiger partial charge in [-0.3, -0.25) is 0 Å². The Morgan fingerprint density at radius 1 is 1.35 bits per heavy atom. The van der Waals surface area contributed by atoms with E-state index in [1.165, 1.54) is 11.8 Å². The number of thioether (sulfide) groups is 1. The van der Waals surface area contributed by atoms with Crippen molar-refractivity contribution in [3.05, 3.63) is 23.2 Å². The van der Waals surface area contributed by atoms with Gasteiger partial charge in [-0.1, -0.05) is 18.5 Å². The predicted octanol–water partition coefficient (Wildman–Crippen LogP) is 2.84. The van der Waals surface area contributed by atoms with Gasteiger partial charge in [0.2, 0.25) is 0 Å². The molecular formula is C11H16ClNO2S2. The first-order chi connectivity index (χ1) is 7.94. The zero-order valence-corrected chi connectivity index (χ0v) is 12.0. The Kier molecular flexibility index (Phi) is 5.62. The first-order valence-electron chi connectivity index (χ1n) is 5.33. The van der Waals surface area contributed by atoms with Crippen molar-refractivity contribution in [2.75, 3.05) is 23.0 Å². The van der Waals surface area contributed by atoms with Gasteiger partial charge >= 0.3 is 0 Å². The van der Waals surface area contributed by atoms with Gasteiger partial charge < -0.3 is 5.73 Å². The summed E-state index contributed by atoms with van der Waals surface area (Å²) in [5.41, 5.74) is 6.37. The van der Waals surface area contributed by atoms with E-state index < -0.39 is 9.84 Å². The number of halogens is 1. The van der Waals surface area contributed by atoms with Gasteiger partial charge in [0.25, 0.3) is 0 Å². The summed E-state index contributed by atoms with van der Waals surface area (Å²) in [5, 5.41) is 0.588. The summed E-state index contributed by atoms with van der Waals surface area (Å²) < 4.78 is 23.0. The van der Waals surface area contributed by atoms with Crippen LogP contribution in [-0.2, 0) is 9.84 Å². The van der Waals surface area contributed by atoms with Crippen molar-refractivity contribution in [2.24, 2.45) is 0 Å². The summed E-state index contributed by atoms with van der Waals surface area (Å²) in [4.78, 5) is 0.876. The molecule has 17 heavy (non-hydrogen) atoms. The van der Waals surface area contributed by atoms with Crippen LogP contribution in [0.25, 0.3) is 0 Å². The van der Waals surface area contributed by atoms with Crippen molar-refractivity contribution in [2.45, 2.75) is 18.2 Å². The van der Waals surface area contributed by atoms with Gasteiger partial charge in [-0.15, -0.1) is 11.8 Å². The Morgan fingerprint density at radius 2 is 2.06 bits per heavy atom. The largest absolute Gasteiger partial charge is 0.398 e. The minimum Gasteiger partial charge on any atom is -0.398 e. The number of benzene rings is 1. The van der Waals surface area contributed by atoms with E-state index in [0.29, 0.717) is 22.9 Å². The molecule has 0 saturated carbocycles. The van der Waals surface area contributed by atoms with E-state index in [2.05, 4.69) is 0 Å². The minimum absolute atomic E-state index is 0.188. The van der Waals surface area contributed by atoms with E-state index >= 15 is 0 Å².